The summed E-state index contributed by atoms with van der Waals surface area (Å²) in [7, 11) is 1.40. The predicted molar refractivity (Wildman–Crippen MR) is 97.7 cm³/mol. The Morgan fingerprint density at radius 1 is 1.08 bits per heavy atom. The highest BCUT2D eigenvalue weighted by Gasteiger charge is 2.08. The monoisotopic (exact) mass is 343 g/mol. The molecule has 2 aromatic carbocycles. The van der Waals surface area contributed by atoms with Crippen LogP contribution in [0.3, 0.4) is 0 Å². The number of nitrogens with one attached hydrogen (secondary N) is 1. The third-order valence-electron chi connectivity index (χ3n) is 3.98. The molecule has 0 unspecified atom stereocenters. The lowest BCUT2D eigenvalue weighted by Crippen LogP contribution is -2.22. The molecule has 2 rings (SSSR count). The number of esters is 1. The average Bonchev–Trinajstić information content (AvgIpc) is 2.61. The molecule has 1 N–H and O–H groups in total. The molecule has 0 saturated carbocycles. The number of ether oxygens (including phenoxy) is 2. The summed E-state index contributed by atoms with van der Waals surface area (Å²) in [5, 5.41) is 5.04. The first kappa shape index (κ1) is 18.8. The third-order valence-corrected chi connectivity index (χ3v) is 3.98. The molecule has 0 bridgehead atoms. The van der Waals surface area contributed by atoms with E-state index in [-0.39, 0.29) is 11.9 Å². The van der Waals surface area contributed by atoms with Gasteiger partial charge in [0.15, 0.2) is 0 Å². The minimum absolute atomic E-state index is 0.0256. The molecule has 1 amide bonds. The number of rotatable bonds is 9. The molecule has 0 aliphatic rings. The molecule has 134 valence electrons. The minimum atomic E-state index is -0.189. The SMILES string of the molecule is COC(=O)CCCCOc1cccc2cccc(CCNC(C)=O)c12. The number of unbranched alkanes of at least 4 members (excludes halogenated alkanes) is 1. The minimum Gasteiger partial charge on any atom is -0.493 e. The van der Waals surface area contributed by atoms with Crippen molar-refractivity contribution in [3.05, 3.63) is 42.0 Å². The molecule has 0 aromatic heterocycles. The first-order chi connectivity index (χ1) is 12.1. The Labute approximate surface area is 148 Å². The summed E-state index contributed by atoms with van der Waals surface area (Å²) in [6.07, 6.45) is 2.70. The van der Waals surface area contributed by atoms with Gasteiger partial charge in [-0.05, 0) is 36.3 Å². The van der Waals surface area contributed by atoms with Gasteiger partial charge in [-0.2, -0.15) is 0 Å². The van der Waals surface area contributed by atoms with Gasteiger partial charge < -0.3 is 14.8 Å². The number of amides is 1. The number of hydrogen-bond acceptors (Lipinski definition) is 4. The van der Waals surface area contributed by atoms with Gasteiger partial charge in [0.2, 0.25) is 5.91 Å². The maximum atomic E-state index is 11.1. The Hall–Kier alpha value is -2.56. The summed E-state index contributed by atoms with van der Waals surface area (Å²) in [6, 6.07) is 12.1. The Morgan fingerprint density at radius 3 is 2.56 bits per heavy atom. The van der Waals surface area contributed by atoms with Crippen molar-refractivity contribution in [2.24, 2.45) is 0 Å². The van der Waals surface area contributed by atoms with Gasteiger partial charge in [-0.15, -0.1) is 0 Å². The first-order valence-electron chi connectivity index (χ1n) is 8.56. The smallest absolute Gasteiger partial charge is 0.305 e. The van der Waals surface area contributed by atoms with E-state index >= 15 is 0 Å². The van der Waals surface area contributed by atoms with E-state index in [2.05, 4.69) is 28.3 Å². The molecule has 0 aliphatic carbocycles. The number of carbonyl (C=O) groups is 2. The molecule has 0 radical (unpaired) electrons. The highest BCUT2D eigenvalue weighted by molar-refractivity contribution is 5.91. The van der Waals surface area contributed by atoms with Crippen molar-refractivity contribution in [2.75, 3.05) is 20.3 Å². The summed E-state index contributed by atoms with van der Waals surface area (Å²) in [4.78, 5) is 22.2. The van der Waals surface area contributed by atoms with E-state index in [9.17, 15) is 9.59 Å². The topological polar surface area (TPSA) is 64.6 Å². The number of fused-ring (bicyclic) bond motifs is 1. The second kappa shape index (κ2) is 9.67. The van der Waals surface area contributed by atoms with Crippen LogP contribution in [0.4, 0.5) is 0 Å². The fraction of sp³-hybridized carbons (Fsp3) is 0.400. The van der Waals surface area contributed by atoms with Crippen LogP contribution in [0.15, 0.2) is 36.4 Å². The van der Waals surface area contributed by atoms with Crippen LogP contribution < -0.4 is 10.1 Å². The lowest BCUT2D eigenvalue weighted by atomic mass is 10.0. The molecule has 0 atom stereocenters. The van der Waals surface area contributed by atoms with E-state index in [4.69, 9.17) is 4.74 Å². The summed E-state index contributed by atoms with van der Waals surface area (Å²) in [5.41, 5.74) is 1.15. The maximum Gasteiger partial charge on any atom is 0.305 e. The second-order valence-corrected chi connectivity index (χ2v) is 5.89. The molecule has 5 heteroatoms. The number of hydrogen-bond donors (Lipinski definition) is 1. The van der Waals surface area contributed by atoms with Gasteiger partial charge in [0.25, 0.3) is 0 Å². The number of methoxy groups -OCH3 is 1. The van der Waals surface area contributed by atoms with Crippen LogP contribution >= 0.6 is 0 Å². The molecule has 0 spiro atoms. The van der Waals surface area contributed by atoms with Gasteiger partial charge in [0, 0.05) is 25.3 Å². The van der Waals surface area contributed by atoms with Crippen molar-refractivity contribution in [3.63, 3.8) is 0 Å². The fourth-order valence-corrected chi connectivity index (χ4v) is 2.74. The summed E-state index contributed by atoms with van der Waals surface area (Å²) in [6.45, 7) is 2.67. The van der Waals surface area contributed by atoms with E-state index < -0.39 is 0 Å². The molecule has 5 nitrogen and oxygen atoms in total. The van der Waals surface area contributed by atoms with Crippen LogP contribution in [0.5, 0.6) is 5.75 Å². The standard InChI is InChI=1S/C20H25NO4/c1-15(22)21-13-12-17-8-5-7-16-9-6-10-18(20(16)17)25-14-4-3-11-19(23)24-2/h5-10H,3-4,11-14H2,1-2H3,(H,21,22). The van der Waals surface area contributed by atoms with Gasteiger partial charge >= 0.3 is 5.97 Å². The van der Waals surface area contributed by atoms with E-state index in [0.29, 0.717) is 19.6 Å². The van der Waals surface area contributed by atoms with Gasteiger partial charge in [-0.3, -0.25) is 9.59 Å². The Morgan fingerprint density at radius 2 is 1.84 bits per heavy atom. The summed E-state index contributed by atoms with van der Waals surface area (Å²) >= 11 is 0. The molecule has 0 fully saturated rings. The molecule has 0 aliphatic heterocycles. The van der Waals surface area contributed by atoms with Crippen LogP contribution in [0.1, 0.15) is 31.7 Å². The molecule has 2 aromatic rings. The van der Waals surface area contributed by atoms with Gasteiger partial charge in [-0.1, -0.05) is 30.3 Å². The third kappa shape index (κ3) is 5.78. The molecular formula is C20H25NO4. The summed E-state index contributed by atoms with van der Waals surface area (Å²) in [5.74, 6) is 0.627. The normalized spacial score (nSPS) is 10.5. The number of benzene rings is 2. The zero-order valence-corrected chi connectivity index (χ0v) is 14.8. The zero-order chi connectivity index (χ0) is 18.1. The van der Waals surface area contributed by atoms with Crippen molar-refractivity contribution in [3.8, 4) is 5.75 Å². The maximum absolute atomic E-state index is 11.1. The van der Waals surface area contributed by atoms with Gasteiger partial charge in [0.05, 0.1) is 13.7 Å². The second-order valence-electron chi connectivity index (χ2n) is 5.89. The van der Waals surface area contributed by atoms with Crippen LogP contribution in [-0.4, -0.2) is 32.1 Å². The van der Waals surface area contributed by atoms with Crippen molar-refractivity contribution in [1.29, 1.82) is 0 Å². The van der Waals surface area contributed by atoms with Gasteiger partial charge in [-0.25, -0.2) is 0 Å². The Bertz CT molecular complexity index is 721. The van der Waals surface area contributed by atoms with Crippen LogP contribution in [-0.2, 0) is 20.7 Å². The Kier molecular flexibility index (Phi) is 7.26. The largest absolute Gasteiger partial charge is 0.493 e. The first-order valence-corrected chi connectivity index (χ1v) is 8.56. The quantitative estimate of drug-likeness (QED) is 0.561. The van der Waals surface area contributed by atoms with Crippen molar-refractivity contribution < 1.29 is 19.1 Å². The van der Waals surface area contributed by atoms with E-state index in [1.54, 1.807) is 0 Å². The molecular weight excluding hydrogens is 318 g/mol. The molecule has 25 heavy (non-hydrogen) atoms. The zero-order valence-electron chi connectivity index (χ0n) is 14.8. The number of carbonyl (C=O) groups excluding carboxylic acids is 2. The van der Waals surface area contributed by atoms with Gasteiger partial charge in [0.1, 0.15) is 5.75 Å². The lowest BCUT2D eigenvalue weighted by molar-refractivity contribution is -0.140. The van der Waals surface area contributed by atoms with Crippen LogP contribution in [0.2, 0.25) is 0 Å². The van der Waals surface area contributed by atoms with Crippen molar-refractivity contribution in [1.82, 2.24) is 5.32 Å². The predicted octanol–water partition coefficient (Wildman–Crippen LogP) is 3.24. The molecule has 0 saturated heterocycles. The van der Waals surface area contributed by atoms with Crippen molar-refractivity contribution >= 4 is 22.6 Å². The van der Waals surface area contributed by atoms with E-state index in [1.807, 2.05) is 18.2 Å². The Balaban J connectivity index is 2.03. The molecule has 0 heterocycles. The van der Waals surface area contributed by atoms with Crippen molar-refractivity contribution in [2.45, 2.75) is 32.6 Å². The highest BCUT2D eigenvalue weighted by Crippen LogP contribution is 2.29. The van der Waals surface area contributed by atoms with Crippen LogP contribution in [0, 0.1) is 0 Å². The average molecular weight is 343 g/mol. The highest BCUT2D eigenvalue weighted by atomic mass is 16.5. The fourth-order valence-electron chi connectivity index (χ4n) is 2.74. The van der Waals surface area contributed by atoms with Crippen LogP contribution in [0.25, 0.3) is 10.8 Å². The summed E-state index contributed by atoms with van der Waals surface area (Å²) < 4.78 is 10.6. The van der Waals surface area contributed by atoms with E-state index in [1.165, 1.54) is 14.0 Å². The van der Waals surface area contributed by atoms with E-state index in [0.717, 1.165) is 41.3 Å². The lowest BCUT2D eigenvalue weighted by Gasteiger charge is -2.13.